The second-order valence-electron chi connectivity index (χ2n) is 6.70. The Labute approximate surface area is 148 Å². The van der Waals surface area contributed by atoms with Gasteiger partial charge >= 0.3 is 0 Å². The van der Waals surface area contributed by atoms with Crippen LogP contribution in [-0.2, 0) is 6.54 Å². The molecule has 0 aliphatic carbocycles. The van der Waals surface area contributed by atoms with E-state index in [1.807, 2.05) is 12.1 Å². The van der Waals surface area contributed by atoms with Crippen molar-refractivity contribution >= 4 is 17.2 Å². The van der Waals surface area contributed by atoms with Gasteiger partial charge in [-0.3, -0.25) is 4.90 Å². The number of benzene rings is 2. The summed E-state index contributed by atoms with van der Waals surface area (Å²) in [6.45, 7) is 1.03. The molecule has 2 aliphatic rings. The van der Waals surface area contributed by atoms with Crippen molar-refractivity contribution < 1.29 is 4.74 Å². The lowest BCUT2D eigenvalue weighted by atomic mass is 9.94. The molecule has 2 unspecified atom stereocenters. The van der Waals surface area contributed by atoms with E-state index in [1.165, 1.54) is 24.0 Å². The van der Waals surface area contributed by atoms with Gasteiger partial charge in [0.2, 0.25) is 0 Å². The minimum atomic E-state index is 0.515. The van der Waals surface area contributed by atoms with E-state index in [4.69, 9.17) is 16.3 Å². The summed E-state index contributed by atoms with van der Waals surface area (Å²) in [5, 5.41) is 0.818. The molecule has 2 aromatic carbocycles. The molecule has 0 N–H and O–H groups in total. The molecule has 2 nitrogen and oxygen atoms in total. The fourth-order valence-corrected chi connectivity index (χ4v) is 4.27. The molecule has 2 heterocycles. The van der Waals surface area contributed by atoms with Crippen LogP contribution in [0.3, 0.4) is 0 Å². The van der Waals surface area contributed by atoms with Crippen molar-refractivity contribution in [1.29, 1.82) is 0 Å². The van der Waals surface area contributed by atoms with Crippen LogP contribution >= 0.6 is 11.6 Å². The van der Waals surface area contributed by atoms with Crippen molar-refractivity contribution in [2.75, 3.05) is 7.11 Å². The van der Waals surface area contributed by atoms with Crippen LogP contribution in [0.2, 0.25) is 5.02 Å². The van der Waals surface area contributed by atoms with Gasteiger partial charge in [0.05, 0.1) is 7.11 Å². The summed E-state index contributed by atoms with van der Waals surface area (Å²) in [4.78, 5) is 2.65. The Hall–Kier alpha value is -1.77. The van der Waals surface area contributed by atoms with Gasteiger partial charge in [0, 0.05) is 23.7 Å². The molecule has 0 spiro atoms. The molecule has 3 heteroatoms. The minimum absolute atomic E-state index is 0.515. The Morgan fingerprint density at radius 1 is 1.12 bits per heavy atom. The standard InChI is InChI=1S/C21H22ClNO/c1-24-19-9-10-21(22)20(13-19)16-11-17-7-8-18(12-16)23(17)14-15-5-3-2-4-6-15/h2-6,9-11,13,17-18H,7-8,12,14H2,1H3. The highest BCUT2D eigenvalue weighted by Gasteiger charge is 2.36. The molecule has 1 saturated heterocycles. The first kappa shape index (κ1) is 15.7. The molecule has 2 aliphatic heterocycles. The Bertz CT molecular complexity index is 756. The van der Waals surface area contributed by atoms with E-state index < -0.39 is 0 Å². The summed E-state index contributed by atoms with van der Waals surface area (Å²) in [7, 11) is 1.70. The monoisotopic (exact) mass is 339 g/mol. The van der Waals surface area contributed by atoms with Crippen molar-refractivity contribution in [1.82, 2.24) is 4.90 Å². The SMILES string of the molecule is COc1ccc(Cl)c(C2=CC3CCC(C2)N3Cc2ccccc2)c1. The molecule has 2 bridgehead atoms. The zero-order chi connectivity index (χ0) is 16.5. The smallest absolute Gasteiger partial charge is 0.119 e. The summed E-state index contributed by atoms with van der Waals surface area (Å²) in [6, 6.07) is 17.8. The lowest BCUT2D eigenvalue weighted by molar-refractivity contribution is 0.203. The largest absolute Gasteiger partial charge is 0.497 e. The van der Waals surface area contributed by atoms with E-state index >= 15 is 0 Å². The number of fused-ring (bicyclic) bond motifs is 2. The van der Waals surface area contributed by atoms with Gasteiger partial charge < -0.3 is 4.74 Å². The number of halogens is 1. The highest BCUT2D eigenvalue weighted by atomic mass is 35.5. The Morgan fingerprint density at radius 3 is 2.71 bits per heavy atom. The molecule has 2 aromatic rings. The van der Waals surface area contributed by atoms with E-state index in [1.54, 1.807) is 7.11 Å². The number of nitrogens with zero attached hydrogens (tertiary/aromatic N) is 1. The fraction of sp³-hybridized carbons (Fsp3) is 0.333. The molecule has 1 fully saturated rings. The van der Waals surface area contributed by atoms with Crippen LogP contribution in [-0.4, -0.2) is 24.1 Å². The van der Waals surface area contributed by atoms with Crippen LogP contribution in [0.4, 0.5) is 0 Å². The summed E-state index contributed by atoms with van der Waals surface area (Å²) in [5.74, 6) is 0.870. The predicted octanol–water partition coefficient (Wildman–Crippen LogP) is 5.17. The van der Waals surface area contributed by atoms with Crippen molar-refractivity contribution in [2.24, 2.45) is 0 Å². The van der Waals surface area contributed by atoms with Gasteiger partial charge in [0.15, 0.2) is 0 Å². The highest BCUT2D eigenvalue weighted by Crippen LogP contribution is 2.41. The van der Waals surface area contributed by atoms with Crippen molar-refractivity contribution in [3.05, 3.63) is 70.8 Å². The topological polar surface area (TPSA) is 12.5 Å². The predicted molar refractivity (Wildman–Crippen MR) is 99.4 cm³/mol. The van der Waals surface area contributed by atoms with Crippen LogP contribution in [0.25, 0.3) is 5.57 Å². The third-order valence-corrected chi connectivity index (χ3v) is 5.60. The van der Waals surface area contributed by atoms with Gasteiger partial charge in [-0.05, 0) is 54.2 Å². The van der Waals surface area contributed by atoms with Crippen LogP contribution in [0, 0.1) is 0 Å². The number of hydrogen-bond donors (Lipinski definition) is 0. The molecular weight excluding hydrogens is 318 g/mol. The summed E-state index contributed by atoms with van der Waals surface area (Å²) in [5.41, 5.74) is 3.90. The molecule has 124 valence electrons. The van der Waals surface area contributed by atoms with Crippen LogP contribution in [0.15, 0.2) is 54.6 Å². The second-order valence-corrected chi connectivity index (χ2v) is 7.11. The first-order chi connectivity index (χ1) is 11.7. The second kappa shape index (κ2) is 6.62. The zero-order valence-corrected chi connectivity index (χ0v) is 14.7. The van der Waals surface area contributed by atoms with E-state index in [0.717, 1.165) is 29.3 Å². The minimum Gasteiger partial charge on any atom is -0.497 e. The third-order valence-electron chi connectivity index (χ3n) is 5.27. The van der Waals surface area contributed by atoms with E-state index in [0.29, 0.717) is 12.1 Å². The Balaban J connectivity index is 1.60. The molecule has 0 radical (unpaired) electrons. The molecule has 0 saturated carbocycles. The first-order valence-electron chi connectivity index (χ1n) is 8.59. The molecule has 0 aromatic heterocycles. The van der Waals surface area contributed by atoms with Gasteiger partial charge in [-0.1, -0.05) is 48.0 Å². The molecule has 4 rings (SSSR count). The van der Waals surface area contributed by atoms with Gasteiger partial charge in [-0.2, -0.15) is 0 Å². The normalized spacial score (nSPS) is 23.2. The van der Waals surface area contributed by atoms with Crippen LogP contribution < -0.4 is 4.74 Å². The summed E-state index contributed by atoms with van der Waals surface area (Å²) < 4.78 is 5.37. The maximum Gasteiger partial charge on any atom is 0.119 e. The zero-order valence-electron chi connectivity index (χ0n) is 13.9. The summed E-state index contributed by atoms with van der Waals surface area (Å²) in [6.07, 6.45) is 5.99. The Morgan fingerprint density at radius 2 is 1.96 bits per heavy atom. The third kappa shape index (κ3) is 2.97. The summed E-state index contributed by atoms with van der Waals surface area (Å²) >= 11 is 6.46. The molecule has 2 atom stereocenters. The average molecular weight is 340 g/mol. The lowest BCUT2D eigenvalue weighted by Gasteiger charge is -2.34. The molecular formula is C21H22ClNO. The van der Waals surface area contributed by atoms with E-state index in [-0.39, 0.29) is 0 Å². The van der Waals surface area contributed by atoms with Gasteiger partial charge in [-0.25, -0.2) is 0 Å². The van der Waals surface area contributed by atoms with E-state index in [2.05, 4.69) is 47.4 Å². The van der Waals surface area contributed by atoms with Crippen LogP contribution in [0.1, 0.15) is 30.4 Å². The quantitative estimate of drug-likeness (QED) is 0.762. The molecule has 0 amide bonds. The van der Waals surface area contributed by atoms with Gasteiger partial charge in [0.1, 0.15) is 5.75 Å². The highest BCUT2D eigenvalue weighted by molar-refractivity contribution is 6.32. The number of hydrogen-bond acceptors (Lipinski definition) is 2. The number of ether oxygens (including phenoxy) is 1. The maximum atomic E-state index is 6.46. The first-order valence-corrected chi connectivity index (χ1v) is 8.96. The Kier molecular flexibility index (Phi) is 4.34. The molecule has 24 heavy (non-hydrogen) atoms. The van der Waals surface area contributed by atoms with Gasteiger partial charge in [-0.15, -0.1) is 0 Å². The fourth-order valence-electron chi connectivity index (χ4n) is 4.04. The lowest BCUT2D eigenvalue weighted by Crippen LogP contribution is -2.37. The average Bonchev–Trinajstić information content (AvgIpc) is 2.84. The number of rotatable bonds is 4. The van der Waals surface area contributed by atoms with Crippen molar-refractivity contribution in [3.8, 4) is 5.75 Å². The maximum absolute atomic E-state index is 6.46. The van der Waals surface area contributed by atoms with Crippen molar-refractivity contribution in [3.63, 3.8) is 0 Å². The number of methoxy groups -OCH3 is 1. The van der Waals surface area contributed by atoms with Crippen LogP contribution in [0.5, 0.6) is 5.75 Å². The van der Waals surface area contributed by atoms with E-state index in [9.17, 15) is 0 Å². The van der Waals surface area contributed by atoms with Gasteiger partial charge in [0.25, 0.3) is 0 Å². The van der Waals surface area contributed by atoms with Crippen molar-refractivity contribution in [2.45, 2.75) is 37.9 Å².